The second kappa shape index (κ2) is 6.36. The highest BCUT2D eigenvalue weighted by molar-refractivity contribution is 5.92. The molecule has 2 aromatic carbocycles. The second-order valence-corrected chi connectivity index (χ2v) is 5.73. The Balaban J connectivity index is 1.66. The molecule has 3 nitrogen and oxygen atoms in total. The van der Waals surface area contributed by atoms with E-state index < -0.39 is 11.6 Å². The van der Waals surface area contributed by atoms with E-state index in [1.165, 1.54) is 23.8 Å². The molecular weight excluding hydrogens is 296 g/mol. The minimum atomic E-state index is -0.519. The summed E-state index contributed by atoms with van der Waals surface area (Å²) in [5, 5.41) is 3.01. The summed E-state index contributed by atoms with van der Waals surface area (Å²) in [6.45, 7) is 2.09. The number of halogens is 2. The van der Waals surface area contributed by atoms with Crippen LogP contribution in [0.1, 0.15) is 30.4 Å². The van der Waals surface area contributed by atoms with Crippen molar-refractivity contribution in [2.75, 3.05) is 5.32 Å². The van der Waals surface area contributed by atoms with Gasteiger partial charge >= 0.3 is 0 Å². The lowest BCUT2D eigenvalue weighted by Crippen LogP contribution is -2.23. The quantitative estimate of drug-likeness (QED) is 0.666. The molecule has 0 aromatic heterocycles. The lowest BCUT2D eigenvalue weighted by molar-refractivity contribution is 0.555. The molecule has 0 heterocycles. The van der Waals surface area contributed by atoms with E-state index >= 15 is 0 Å². The van der Waals surface area contributed by atoms with Crippen molar-refractivity contribution >= 4 is 11.6 Å². The maximum Gasteiger partial charge on any atom is 0.193 e. The van der Waals surface area contributed by atoms with E-state index in [0.717, 1.165) is 12.1 Å². The summed E-state index contributed by atoms with van der Waals surface area (Å²) in [6.07, 6.45) is 1.58. The van der Waals surface area contributed by atoms with Gasteiger partial charge in [-0.2, -0.15) is 0 Å². The Morgan fingerprint density at radius 2 is 1.83 bits per heavy atom. The van der Waals surface area contributed by atoms with Crippen LogP contribution >= 0.6 is 0 Å². The zero-order chi connectivity index (χ0) is 16.4. The number of aliphatic imine (C=N–C) groups is 1. The average molecular weight is 315 g/mol. The topological polar surface area (TPSA) is 50.4 Å². The highest BCUT2D eigenvalue weighted by Crippen LogP contribution is 2.45. The number of hydrogen-bond donors (Lipinski definition) is 2. The molecule has 0 spiro atoms. The molecule has 0 bridgehead atoms. The van der Waals surface area contributed by atoms with E-state index in [2.05, 4.69) is 17.2 Å². The molecular formula is C18H19F2N3. The lowest BCUT2D eigenvalue weighted by Gasteiger charge is -2.07. The van der Waals surface area contributed by atoms with Crippen molar-refractivity contribution < 1.29 is 8.78 Å². The van der Waals surface area contributed by atoms with Gasteiger partial charge in [-0.25, -0.2) is 13.8 Å². The number of nitrogens with zero attached hydrogens (tertiary/aromatic N) is 1. The first-order chi connectivity index (χ1) is 11.1. The Bertz CT molecular complexity index is 705. The van der Waals surface area contributed by atoms with E-state index in [0.29, 0.717) is 6.42 Å². The van der Waals surface area contributed by atoms with Gasteiger partial charge in [-0.3, -0.25) is 0 Å². The second-order valence-electron chi connectivity index (χ2n) is 5.73. The third-order valence-electron chi connectivity index (χ3n) is 4.07. The molecule has 0 amide bonds. The summed E-state index contributed by atoms with van der Waals surface area (Å²) in [4.78, 5) is 4.32. The summed E-state index contributed by atoms with van der Waals surface area (Å²) in [7, 11) is 0. The maximum atomic E-state index is 13.7. The number of benzene rings is 2. The standard InChI is InChI=1S/C18H19F2N3/c1-2-11-6-8-12(9-7-11)22-18(21)23-16-10-13(16)17-14(19)4-3-5-15(17)20/h3-9,13,16H,2,10H2,1H3,(H3,21,22,23). The van der Waals surface area contributed by atoms with E-state index in [1.807, 2.05) is 24.3 Å². The molecule has 3 N–H and O–H groups in total. The predicted octanol–water partition coefficient (Wildman–Crippen LogP) is 3.81. The molecule has 0 aliphatic heterocycles. The number of nitrogens with two attached hydrogens (primary N) is 1. The van der Waals surface area contributed by atoms with Crippen molar-refractivity contribution in [3.8, 4) is 0 Å². The largest absolute Gasteiger partial charge is 0.370 e. The van der Waals surface area contributed by atoms with Gasteiger partial charge in [-0.1, -0.05) is 25.1 Å². The summed E-state index contributed by atoms with van der Waals surface area (Å²) in [5.74, 6) is -1.01. The van der Waals surface area contributed by atoms with Gasteiger partial charge in [-0.05, 0) is 42.7 Å². The van der Waals surface area contributed by atoms with Crippen LogP contribution in [0.4, 0.5) is 14.5 Å². The number of hydrogen-bond acceptors (Lipinski definition) is 1. The van der Waals surface area contributed by atoms with E-state index in [4.69, 9.17) is 5.73 Å². The minimum absolute atomic E-state index is 0.112. The Kier molecular flexibility index (Phi) is 4.28. The smallest absolute Gasteiger partial charge is 0.193 e. The summed E-state index contributed by atoms with van der Waals surface area (Å²) >= 11 is 0. The molecule has 120 valence electrons. The zero-order valence-electron chi connectivity index (χ0n) is 12.9. The summed E-state index contributed by atoms with van der Waals surface area (Å²) in [6, 6.07) is 11.6. The van der Waals surface area contributed by atoms with Gasteiger partial charge in [0.2, 0.25) is 0 Å². The third kappa shape index (κ3) is 3.50. The number of rotatable bonds is 4. The van der Waals surface area contributed by atoms with Gasteiger partial charge in [0, 0.05) is 17.2 Å². The van der Waals surface area contributed by atoms with Gasteiger partial charge in [0.15, 0.2) is 5.96 Å². The number of guanidine groups is 1. The fourth-order valence-corrected chi connectivity index (χ4v) is 2.68. The normalized spacial score (nSPS) is 20.4. The third-order valence-corrected chi connectivity index (χ3v) is 4.07. The molecule has 1 saturated carbocycles. The van der Waals surface area contributed by atoms with Crippen molar-refractivity contribution in [2.24, 2.45) is 10.7 Å². The average Bonchev–Trinajstić information content (AvgIpc) is 3.26. The van der Waals surface area contributed by atoms with E-state index in [9.17, 15) is 8.78 Å². The van der Waals surface area contributed by atoms with Crippen LogP contribution in [0.3, 0.4) is 0 Å². The van der Waals surface area contributed by atoms with Crippen LogP contribution in [0.15, 0.2) is 47.5 Å². The first-order valence-electron chi connectivity index (χ1n) is 7.71. The van der Waals surface area contributed by atoms with E-state index in [1.54, 1.807) is 0 Å². The van der Waals surface area contributed by atoms with Crippen molar-refractivity contribution in [1.82, 2.24) is 0 Å². The predicted molar refractivity (Wildman–Crippen MR) is 88.6 cm³/mol. The first kappa shape index (κ1) is 15.5. The van der Waals surface area contributed by atoms with Gasteiger partial charge in [0.1, 0.15) is 11.6 Å². The first-order valence-corrected chi connectivity index (χ1v) is 7.71. The van der Waals surface area contributed by atoms with Crippen LogP contribution in [0, 0.1) is 11.6 Å². The molecule has 5 heteroatoms. The highest BCUT2D eigenvalue weighted by Gasteiger charge is 2.42. The number of nitrogens with one attached hydrogen (secondary N) is 1. The molecule has 2 unspecified atom stereocenters. The number of aryl methyl sites for hydroxylation is 1. The van der Waals surface area contributed by atoms with Crippen molar-refractivity contribution in [3.63, 3.8) is 0 Å². The Morgan fingerprint density at radius 1 is 1.17 bits per heavy atom. The van der Waals surface area contributed by atoms with Crippen LogP contribution in [0.5, 0.6) is 0 Å². The Labute approximate surface area is 134 Å². The highest BCUT2D eigenvalue weighted by atomic mass is 19.1. The van der Waals surface area contributed by atoms with Gasteiger partial charge in [0.25, 0.3) is 0 Å². The van der Waals surface area contributed by atoms with Crippen molar-refractivity contribution in [2.45, 2.75) is 31.7 Å². The Morgan fingerprint density at radius 3 is 2.43 bits per heavy atom. The van der Waals surface area contributed by atoms with Crippen LogP contribution < -0.4 is 11.1 Å². The van der Waals surface area contributed by atoms with Crippen LogP contribution in [-0.4, -0.2) is 12.0 Å². The molecule has 23 heavy (non-hydrogen) atoms. The van der Waals surface area contributed by atoms with Crippen LogP contribution in [0.25, 0.3) is 0 Å². The molecule has 2 atom stereocenters. The van der Waals surface area contributed by atoms with Gasteiger partial charge < -0.3 is 11.1 Å². The molecule has 1 aliphatic rings. The lowest BCUT2D eigenvalue weighted by atomic mass is 10.1. The number of anilines is 1. The van der Waals surface area contributed by atoms with Crippen LogP contribution in [-0.2, 0) is 6.42 Å². The molecule has 1 fully saturated rings. The summed E-state index contributed by atoms with van der Waals surface area (Å²) < 4.78 is 27.5. The zero-order valence-corrected chi connectivity index (χ0v) is 12.9. The SMILES string of the molecule is CCc1ccc(NC(N)=NC2CC2c2c(F)cccc2F)cc1. The van der Waals surface area contributed by atoms with E-state index in [-0.39, 0.29) is 23.5 Å². The fraction of sp³-hybridized carbons (Fsp3) is 0.278. The summed E-state index contributed by atoms with van der Waals surface area (Å²) in [5.41, 5.74) is 8.08. The molecule has 3 rings (SSSR count). The van der Waals surface area contributed by atoms with Gasteiger partial charge in [-0.15, -0.1) is 0 Å². The van der Waals surface area contributed by atoms with Crippen LogP contribution in [0.2, 0.25) is 0 Å². The Hall–Kier alpha value is -2.43. The minimum Gasteiger partial charge on any atom is -0.370 e. The fourth-order valence-electron chi connectivity index (χ4n) is 2.68. The monoisotopic (exact) mass is 315 g/mol. The molecule has 2 aromatic rings. The molecule has 0 saturated heterocycles. The van der Waals surface area contributed by atoms with Gasteiger partial charge in [0.05, 0.1) is 6.04 Å². The molecule has 0 radical (unpaired) electrons. The maximum absolute atomic E-state index is 13.7. The van der Waals surface area contributed by atoms with Crippen molar-refractivity contribution in [3.05, 3.63) is 65.2 Å². The molecule has 1 aliphatic carbocycles. The van der Waals surface area contributed by atoms with Crippen molar-refractivity contribution in [1.29, 1.82) is 0 Å².